The summed E-state index contributed by atoms with van der Waals surface area (Å²) in [5.74, 6) is -0.0548. The quantitative estimate of drug-likeness (QED) is 0.0420. The van der Waals surface area contributed by atoms with Gasteiger partial charge in [0.05, 0.1) is 18.8 Å². The van der Waals surface area contributed by atoms with Crippen LogP contribution in [0.5, 0.6) is 0 Å². The topological polar surface area (TPSA) is 69.6 Å². The van der Waals surface area contributed by atoms with E-state index in [4.69, 9.17) is 0 Å². The van der Waals surface area contributed by atoms with Gasteiger partial charge in [0.1, 0.15) is 0 Å². The van der Waals surface area contributed by atoms with Crippen LogP contribution in [0, 0.1) is 0 Å². The van der Waals surface area contributed by atoms with Gasteiger partial charge in [0, 0.05) is 6.42 Å². The van der Waals surface area contributed by atoms with Gasteiger partial charge in [-0.2, -0.15) is 0 Å². The SMILES string of the molecule is CCCCCCCCCCCCCCCCCCC/C=C/C(O)C(CO)NC(=O)CCCCCCCCCCCCCCCCCCCCCCCCCCCCCCCCCCCCCC. The second-order valence-corrected chi connectivity index (χ2v) is 21.8. The van der Waals surface area contributed by atoms with Gasteiger partial charge in [-0.25, -0.2) is 0 Å². The van der Waals surface area contributed by atoms with Crippen molar-refractivity contribution in [2.75, 3.05) is 6.61 Å². The van der Waals surface area contributed by atoms with Gasteiger partial charge in [-0.15, -0.1) is 0 Å². The summed E-state index contributed by atoms with van der Waals surface area (Å²) < 4.78 is 0. The molecule has 0 aliphatic carbocycles. The highest BCUT2D eigenvalue weighted by molar-refractivity contribution is 5.76. The predicted molar refractivity (Wildman–Crippen MR) is 299 cm³/mol. The molecule has 400 valence electrons. The van der Waals surface area contributed by atoms with Gasteiger partial charge in [0.2, 0.25) is 5.91 Å². The molecule has 3 N–H and O–H groups in total. The average molecular weight is 945 g/mol. The highest BCUT2D eigenvalue weighted by Crippen LogP contribution is 2.19. The molecule has 0 rings (SSSR count). The Labute approximate surface area is 422 Å². The molecule has 0 aromatic heterocycles. The van der Waals surface area contributed by atoms with E-state index < -0.39 is 12.1 Å². The van der Waals surface area contributed by atoms with E-state index >= 15 is 0 Å². The summed E-state index contributed by atoms with van der Waals surface area (Å²) in [5, 5.41) is 23.2. The number of allylic oxidation sites excluding steroid dienone is 1. The zero-order valence-electron chi connectivity index (χ0n) is 46.2. The van der Waals surface area contributed by atoms with E-state index in [9.17, 15) is 15.0 Å². The van der Waals surface area contributed by atoms with E-state index in [1.165, 1.54) is 321 Å². The van der Waals surface area contributed by atoms with E-state index in [0.29, 0.717) is 6.42 Å². The summed E-state index contributed by atoms with van der Waals surface area (Å²) in [4.78, 5) is 12.5. The van der Waals surface area contributed by atoms with Gasteiger partial charge in [-0.3, -0.25) is 4.79 Å². The molecule has 2 atom stereocenters. The molecule has 0 heterocycles. The molecular formula is C63H125NO3. The van der Waals surface area contributed by atoms with Crippen LogP contribution in [0.3, 0.4) is 0 Å². The van der Waals surface area contributed by atoms with E-state index in [1.807, 2.05) is 6.08 Å². The van der Waals surface area contributed by atoms with Gasteiger partial charge < -0.3 is 15.5 Å². The van der Waals surface area contributed by atoms with Crippen LogP contribution in [-0.2, 0) is 4.79 Å². The zero-order chi connectivity index (χ0) is 48.5. The lowest BCUT2D eigenvalue weighted by molar-refractivity contribution is -0.123. The Morgan fingerprint density at radius 1 is 0.343 bits per heavy atom. The molecule has 2 unspecified atom stereocenters. The zero-order valence-corrected chi connectivity index (χ0v) is 46.2. The van der Waals surface area contributed by atoms with Crippen LogP contribution in [0.1, 0.15) is 367 Å². The lowest BCUT2D eigenvalue weighted by Crippen LogP contribution is -2.45. The predicted octanol–water partition coefficient (Wildman–Crippen LogP) is 20.9. The molecule has 1 amide bonds. The van der Waals surface area contributed by atoms with Crippen LogP contribution < -0.4 is 5.32 Å². The minimum absolute atomic E-state index is 0.0548. The van der Waals surface area contributed by atoms with Crippen molar-refractivity contribution in [3.63, 3.8) is 0 Å². The highest BCUT2D eigenvalue weighted by Gasteiger charge is 2.18. The highest BCUT2D eigenvalue weighted by atomic mass is 16.3. The summed E-state index contributed by atoms with van der Waals surface area (Å²) in [5.41, 5.74) is 0. The fraction of sp³-hybridized carbons (Fsp3) is 0.952. The number of rotatable bonds is 59. The van der Waals surface area contributed by atoms with E-state index in [0.717, 1.165) is 25.7 Å². The van der Waals surface area contributed by atoms with E-state index in [-0.39, 0.29) is 12.5 Å². The van der Waals surface area contributed by atoms with Crippen molar-refractivity contribution >= 4 is 5.91 Å². The third-order valence-corrected chi connectivity index (χ3v) is 15.0. The van der Waals surface area contributed by atoms with Crippen molar-refractivity contribution in [2.24, 2.45) is 0 Å². The van der Waals surface area contributed by atoms with Gasteiger partial charge in [0.25, 0.3) is 0 Å². The second kappa shape index (κ2) is 59.4. The lowest BCUT2D eigenvalue weighted by Gasteiger charge is -2.20. The number of nitrogens with one attached hydrogen (secondary N) is 1. The maximum atomic E-state index is 12.5. The molecule has 0 saturated carbocycles. The van der Waals surface area contributed by atoms with Crippen LogP contribution in [-0.4, -0.2) is 34.9 Å². The first-order valence-corrected chi connectivity index (χ1v) is 31.4. The van der Waals surface area contributed by atoms with Crippen molar-refractivity contribution in [1.82, 2.24) is 5.32 Å². The Balaban J connectivity index is 3.38. The number of unbranched alkanes of at least 4 members (excludes halogenated alkanes) is 52. The number of hydrogen-bond acceptors (Lipinski definition) is 3. The fourth-order valence-electron chi connectivity index (χ4n) is 10.2. The average Bonchev–Trinajstić information content (AvgIpc) is 3.33. The number of carbonyl (C=O) groups excluding carboxylic acids is 1. The summed E-state index contributed by atoms with van der Waals surface area (Å²) in [6.07, 6.45) is 78.5. The van der Waals surface area contributed by atoms with Gasteiger partial charge in [-0.1, -0.05) is 353 Å². The lowest BCUT2D eigenvalue weighted by atomic mass is 10.0. The van der Waals surface area contributed by atoms with Crippen molar-refractivity contribution in [1.29, 1.82) is 0 Å². The van der Waals surface area contributed by atoms with Gasteiger partial charge >= 0.3 is 0 Å². The maximum absolute atomic E-state index is 12.5. The van der Waals surface area contributed by atoms with Gasteiger partial charge in [0.15, 0.2) is 0 Å². The van der Waals surface area contributed by atoms with Crippen molar-refractivity contribution in [3.8, 4) is 0 Å². The van der Waals surface area contributed by atoms with Gasteiger partial charge in [-0.05, 0) is 19.3 Å². The molecule has 0 aliphatic rings. The number of amides is 1. The number of aliphatic hydroxyl groups is 2. The van der Waals surface area contributed by atoms with E-state index in [1.54, 1.807) is 6.08 Å². The fourth-order valence-corrected chi connectivity index (χ4v) is 10.2. The number of aliphatic hydroxyl groups excluding tert-OH is 2. The third-order valence-electron chi connectivity index (χ3n) is 15.0. The molecule has 67 heavy (non-hydrogen) atoms. The summed E-state index contributed by atoms with van der Waals surface area (Å²) >= 11 is 0. The molecule has 4 heteroatoms. The smallest absolute Gasteiger partial charge is 0.220 e. The van der Waals surface area contributed by atoms with Crippen LogP contribution in [0.25, 0.3) is 0 Å². The van der Waals surface area contributed by atoms with Crippen molar-refractivity contribution in [3.05, 3.63) is 12.2 Å². The van der Waals surface area contributed by atoms with Crippen molar-refractivity contribution < 1.29 is 15.0 Å². The number of hydrogen-bond donors (Lipinski definition) is 3. The minimum atomic E-state index is -0.836. The Morgan fingerprint density at radius 3 is 0.776 bits per heavy atom. The van der Waals surface area contributed by atoms with Crippen molar-refractivity contribution in [2.45, 2.75) is 379 Å². The Morgan fingerprint density at radius 2 is 0.552 bits per heavy atom. The molecule has 0 aromatic carbocycles. The Bertz CT molecular complexity index is 936. The normalized spacial score (nSPS) is 12.7. The Hall–Kier alpha value is -0.870. The van der Waals surface area contributed by atoms with Crippen LogP contribution >= 0.6 is 0 Å². The molecule has 0 aliphatic heterocycles. The van der Waals surface area contributed by atoms with Crippen LogP contribution in [0.2, 0.25) is 0 Å². The summed E-state index contributed by atoms with van der Waals surface area (Å²) in [7, 11) is 0. The minimum Gasteiger partial charge on any atom is -0.394 e. The first kappa shape index (κ1) is 66.1. The second-order valence-electron chi connectivity index (χ2n) is 21.8. The van der Waals surface area contributed by atoms with Crippen LogP contribution in [0.4, 0.5) is 0 Å². The van der Waals surface area contributed by atoms with Crippen LogP contribution in [0.15, 0.2) is 12.2 Å². The van der Waals surface area contributed by atoms with E-state index in [2.05, 4.69) is 19.2 Å². The first-order chi connectivity index (χ1) is 33.2. The molecular weight excluding hydrogens is 819 g/mol. The molecule has 4 nitrogen and oxygen atoms in total. The molecule has 0 spiro atoms. The maximum Gasteiger partial charge on any atom is 0.220 e. The molecule has 0 radical (unpaired) electrons. The third kappa shape index (κ3) is 55.9. The molecule has 0 bridgehead atoms. The largest absolute Gasteiger partial charge is 0.394 e. The molecule has 0 fully saturated rings. The summed E-state index contributed by atoms with van der Waals surface area (Å²) in [6.45, 7) is 4.36. The summed E-state index contributed by atoms with van der Waals surface area (Å²) in [6, 6.07) is -0.618. The molecule has 0 aromatic rings. The number of carbonyl (C=O) groups is 1. The first-order valence-electron chi connectivity index (χ1n) is 31.4. The standard InChI is InChI=1S/C63H125NO3/c1-3-5-7-9-11-13-15-17-19-21-23-24-25-26-27-28-29-30-31-32-33-34-35-36-37-38-39-41-43-45-47-49-51-53-55-57-59-63(67)64-61(60-65)62(66)58-56-54-52-50-48-46-44-42-40-22-20-18-16-14-12-10-8-6-4-2/h56,58,61-62,65-66H,3-55,57,59-60H2,1-2H3,(H,64,67)/b58-56+. The molecule has 0 saturated heterocycles. The Kier molecular flexibility index (Phi) is 58.7. The monoisotopic (exact) mass is 944 g/mol.